The number of anilines is 1. The number of nitrogens with one attached hydrogen (secondary N) is 1. The lowest BCUT2D eigenvalue weighted by molar-refractivity contribution is -0.117. The Bertz CT molecular complexity index is 379. The van der Waals surface area contributed by atoms with Crippen molar-refractivity contribution in [3.8, 4) is 0 Å². The number of amides is 1. The minimum atomic E-state index is -0.578. The summed E-state index contributed by atoms with van der Waals surface area (Å²) in [5.41, 5.74) is 6.62. The minimum Gasteiger partial charge on any atom is -0.322 e. The molecule has 1 aromatic carbocycles. The highest BCUT2D eigenvalue weighted by molar-refractivity contribution is 5.94. The lowest BCUT2D eigenvalue weighted by atomic mass is 10.1. The fourth-order valence-corrected chi connectivity index (χ4v) is 1.39. The molecule has 0 aromatic heterocycles. The van der Waals surface area contributed by atoms with E-state index in [-0.39, 0.29) is 11.6 Å². The van der Waals surface area contributed by atoms with E-state index >= 15 is 0 Å². The summed E-state index contributed by atoms with van der Waals surface area (Å²) in [6.07, 6.45) is 1.42. The maximum Gasteiger partial charge on any atom is 0.241 e. The van der Waals surface area contributed by atoms with Crippen LogP contribution in [0.5, 0.6) is 0 Å². The van der Waals surface area contributed by atoms with Gasteiger partial charge in [-0.05, 0) is 31.0 Å². The maximum atomic E-state index is 13.4. The van der Waals surface area contributed by atoms with Crippen LogP contribution in [0, 0.1) is 12.7 Å². The molecule has 1 unspecified atom stereocenters. The van der Waals surface area contributed by atoms with Crippen LogP contribution in [0.2, 0.25) is 0 Å². The van der Waals surface area contributed by atoms with E-state index in [4.69, 9.17) is 5.73 Å². The zero-order chi connectivity index (χ0) is 12.1. The Labute approximate surface area is 94.8 Å². The molecular weight excluding hydrogens is 207 g/mol. The third kappa shape index (κ3) is 3.31. The lowest BCUT2D eigenvalue weighted by Gasteiger charge is -2.11. The van der Waals surface area contributed by atoms with Gasteiger partial charge in [0.05, 0.1) is 11.7 Å². The van der Waals surface area contributed by atoms with E-state index < -0.39 is 11.9 Å². The molecule has 0 aliphatic heterocycles. The van der Waals surface area contributed by atoms with Crippen molar-refractivity contribution in [3.05, 3.63) is 29.6 Å². The monoisotopic (exact) mass is 224 g/mol. The molecule has 0 radical (unpaired) electrons. The molecule has 3 N–H and O–H groups in total. The van der Waals surface area contributed by atoms with Gasteiger partial charge in [0.15, 0.2) is 0 Å². The molecule has 1 amide bonds. The number of carbonyl (C=O) groups is 1. The molecule has 3 nitrogen and oxygen atoms in total. The van der Waals surface area contributed by atoms with E-state index in [9.17, 15) is 9.18 Å². The van der Waals surface area contributed by atoms with Crippen LogP contribution in [0.15, 0.2) is 18.2 Å². The Hall–Kier alpha value is -1.42. The molecule has 88 valence electrons. The van der Waals surface area contributed by atoms with E-state index in [0.717, 1.165) is 12.0 Å². The van der Waals surface area contributed by atoms with E-state index in [1.54, 1.807) is 19.1 Å². The summed E-state index contributed by atoms with van der Waals surface area (Å²) >= 11 is 0. The first-order valence-electron chi connectivity index (χ1n) is 5.37. The minimum absolute atomic E-state index is 0.183. The Morgan fingerprint density at radius 3 is 2.81 bits per heavy atom. The van der Waals surface area contributed by atoms with Crippen molar-refractivity contribution in [2.24, 2.45) is 5.73 Å². The molecule has 0 saturated carbocycles. The molecule has 0 saturated heterocycles. The van der Waals surface area contributed by atoms with Crippen molar-refractivity contribution in [2.45, 2.75) is 32.7 Å². The van der Waals surface area contributed by atoms with Gasteiger partial charge in [-0.2, -0.15) is 0 Å². The SMILES string of the molecule is CCCC(N)C(=O)Nc1ccc(C)cc1F. The van der Waals surface area contributed by atoms with Crippen LogP contribution < -0.4 is 11.1 Å². The van der Waals surface area contributed by atoms with Gasteiger partial charge in [-0.1, -0.05) is 19.4 Å². The quantitative estimate of drug-likeness (QED) is 0.823. The number of hydrogen-bond donors (Lipinski definition) is 2. The summed E-state index contributed by atoms with van der Waals surface area (Å²) in [6, 6.07) is 4.08. The lowest BCUT2D eigenvalue weighted by Crippen LogP contribution is -2.35. The smallest absolute Gasteiger partial charge is 0.241 e. The highest BCUT2D eigenvalue weighted by Crippen LogP contribution is 2.15. The second kappa shape index (κ2) is 5.61. The third-order valence-electron chi connectivity index (χ3n) is 2.32. The largest absolute Gasteiger partial charge is 0.322 e. The summed E-state index contributed by atoms with van der Waals surface area (Å²) in [5, 5.41) is 2.48. The summed E-state index contributed by atoms with van der Waals surface area (Å²) in [4.78, 5) is 11.5. The molecular formula is C12H17FN2O. The van der Waals surface area contributed by atoms with Gasteiger partial charge in [0.2, 0.25) is 5.91 Å². The summed E-state index contributed by atoms with van der Waals surface area (Å²) in [6.45, 7) is 3.73. The molecule has 1 aromatic rings. The van der Waals surface area contributed by atoms with Gasteiger partial charge in [-0.15, -0.1) is 0 Å². The molecule has 4 heteroatoms. The Morgan fingerprint density at radius 1 is 1.56 bits per heavy atom. The van der Waals surface area contributed by atoms with Gasteiger partial charge in [-0.3, -0.25) is 4.79 Å². The molecule has 16 heavy (non-hydrogen) atoms. The van der Waals surface area contributed by atoms with Gasteiger partial charge in [-0.25, -0.2) is 4.39 Å². The fraction of sp³-hybridized carbons (Fsp3) is 0.417. The van der Waals surface area contributed by atoms with Gasteiger partial charge >= 0.3 is 0 Å². The highest BCUT2D eigenvalue weighted by Gasteiger charge is 2.13. The van der Waals surface area contributed by atoms with Crippen LogP contribution in [-0.4, -0.2) is 11.9 Å². The second-order valence-corrected chi connectivity index (χ2v) is 3.87. The molecule has 0 aliphatic rings. The van der Waals surface area contributed by atoms with E-state index in [1.165, 1.54) is 6.07 Å². The van der Waals surface area contributed by atoms with Gasteiger partial charge in [0, 0.05) is 0 Å². The maximum absolute atomic E-state index is 13.4. The summed E-state index contributed by atoms with van der Waals surface area (Å²) in [7, 11) is 0. The van der Waals surface area contributed by atoms with Crippen molar-refractivity contribution in [1.82, 2.24) is 0 Å². The van der Waals surface area contributed by atoms with Crippen LogP contribution in [-0.2, 0) is 4.79 Å². The Balaban J connectivity index is 2.69. The first-order valence-corrected chi connectivity index (χ1v) is 5.37. The zero-order valence-corrected chi connectivity index (χ0v) is 9.59. The van der Waals surface area contributed by atoms with Crippen LogP contribution in [0.1, 0.15) is 25.3 Å². The predicted octanol–water partition coefficient (Wildman–Crippen LogP) is 2.20. The number of aryl methyl sites for hydroxylation is 1. The number of halogens is 1. The highest BCUT2D eigenvalue weighted by atomic mass is 19.1. The predicted molar refractivity (Wildman–Crippen MR) is 62.7 cm³/mol. The Morgan fingerprint density at radius 2 is 2.25 bits per heavy atom. The second-order valence-electron chi connectivity index (χ2n) is 3.87. The van der Waals surface area contributed by atoms with E-state index in [0.29, 0.717) is 6.42 Å². The molecule has 0 fully saturated rings. The first kappa shape index (κ1) is 12.6. The van der Waals surface area contributed by atoms with Crippen molar-refractivity contribution < 1.29 is 9.18 Å². The average molecular weight is 224 g/mol. The number of benzene rings is 1. The molecule has 0 heterocycles. The molecule has 0 bridgehead atoms. The standard InChI is InChI=1S/C12H17FN2O/c1-3-4-10(14)12(16)15-11-6-5-8(2)7-9(11)13/h5-7,10H,3-4,14H2,1-2H3,(H,15,16). The number of carbonyl (C=O) groups excluding carboxylic acids is 1. The van der Waals surface area contributed by atoms with Gasteiger partial charge in [0.25, 0.3) is 0 Å². The van der Waals surface area contributed by atoms with Crippen LogP contribution in [0.3, 0.4) is 0 Å². The van der Waals surface area contributed by atoms with E-state index in [2.05, 4.69) is 5.32 Å². The average Bonchev–Trinajstić information content (AvgIpc) is 2.22. The number of rotatable bonds is 4. The molecule has 1 rings (SSSR count). The van der Waals surface area contributed by atoms with Crippen LogP contribution in [0.4, 0.5) is 10.1 Å². The zero-order valence-electron chi connectivity index (χ0n) is 9.59. The molecule has 0 aliphatic carbocycles. The van der Waals surface area contributed by atoms with Crippen LogP contribution >= 0.6 is 0 Å². The van der Waals surface area contributed by atoms with Gasteiger partial charge < -0.3 is 11.1 Å². The summed E-state index contributed by atoms with van der Waals surface area (Å²) in [5.74, 6) is -0.776. The number of hydrogen-bond acceptors (Lipinski definition) is 2. The Kier molecular flexibility index (Phi) is 4.43. The van der Waals surface area contributed by atoms with Crippen LogP contribution in [0.25, 0.3) is 0 Å². The summed E-state index contributed by atoms with van der Waals surface area (Å²) < 4.78 is 13.4. The van der Waals surface area contributed by atoms with Gasteiger partial charge in [0.1, 0.15) is 5.82 Å². The molecule has 1 atom stereocenters. The van der Waals surface area contributed by atoms with Crippen molar-refractivity contribution in [3.63, 3.8) is 0 Å². The topological polar surface area (TPSA) is 55.1 Å². The number of nitrogens with two attached hydrogens (primary N) is 1. The first-order chi connectivity index (χ1) is 7.54. The molecule has 0 spiro atoms. The third-order valence-corrected chi connectivity index (χ3v) is 2.32. The van der Waals surface area contributed by atoms with Crippen molar-refractivity contribution in [2.75, 3.05) is 5.32 Å². The fourth-order valence-electron chi connectivity index (χ4n) is 1.39. The van der Waals surface area contributed by atoms with Crippen molar-refractivity contribution >= 4 is 11.6 Å². The van der Waals surface area contributed by atoms with E-state index in [1.807, 2.05) is 6.92 Å². The normalized spacial score (nSPS) is 12.2. The van der Waals surface area contributed by atoms with Crippen molar-refractivity contribution in [1.29, 1.82) is 0 Å².